The van der Waals surface area contributed by atoms with E-state index in [1.165, 1.54) is 13.0 Å². The number of carbonyl (C=O) groups is 2. The molecule has 0 fully saturated rings. The van der Waals surface area contributed by atoms with Gasteiger partial charge in [0.1, 0.15) is 5.38 Å². The van der Waals surface area contributed by atoms with E-state index in [1.807, 2.05) is 6.07 Å². The van der Waals surface area contributed by atoms with Gasteiger partial charge in [-0.1, -0.05) is 12.1 Å². The third-order valence-corrected chi connectivity index (χ3v) is 3.10. The van der Waals surface area contributed by atoms with Crippen molar-refractivity contribution < 1.29 is 14.3 Å². The predicted octanol–water partition coefficient (Wildman–Crippen LogP) is 2.53. The Hall–Kier alpha value is -1.86. The van der Waals surface area contributed by atoms with Gasteiger partial charge in [-0.25, -0.2) is 0 Å². The van der Waals surface area contributed by atoms with Gasteiger partial charge in [-0.3, -0.25) is 9.59 Å². The van der Waals surface area contributed by atoms with Crippen LogP contribution in [-0.2, 0) is 20.7 Å². The molecule has 0 radical (unpaired) electrons. The quantitative estimate of drug-likeness (QED) is 0.613. The van der Waals surface area contributed by atoms with Gasteiger partial charge in [-0.2, -0.15) is 5.26 Å². The highest BCUT2D eigenvalue weighted by Crippen LogP contribution is 2.24. The maximum absolute atomic E-state index is 11.4. The molecule has 4 nitrogen and oxygen atoms in total. The lowest BCUT2D eigenvalue weighted by Crippen LogP contribution is -2.09. The molecule has 1 aromatic carbocycles. The number of nitriles is 1. The summed E-state index contributed by atoms with van der Waals surface area (Å²) in [5.74, 6) is -0.579. The zero-order valence-electron chi connectivity index (χ0n) is 10.8. The van der Waals surface area contributed by atoms with Crippen molar-refractivity contribution in [3.05, 3.63) is 34.9 Å². The van der Waals surface area contributed by atoms with E-state index in [1.54, 1.807) is 19.1 Å². The molecule has 0 amide bonds. The Kier molecular flexibility index (Phi) is 5.53. The number of esters is 1. The molecular weight excluding hydrogens is 266 g/mol. The smallest absolute Gasteiger partial charge is 0.310 e. The van der Waals surface area contributed by atoms with Gasteiger partial charge >= 0.3 is 5.97 Å². The van der Waals surface area contributed by atoms with Gasteiger partial charge in [0.25, 0.3) is 0 Å². The molecule has 0 saturated heterocycles. The van der Waals surface area contributed by atoms with Crippen molar-refractivity contribution in [1.29, 1.82) is 5.26 Å². The molecule has 0 aliphatic heterocycles. The van der Waals surface area contributed by atoms with E-state index in [4.69, 9.17) is 21.6 Å². The standard InChI is InChI=1S/C14H14ClNO3/c1-3-19-13(18)7-10-4-5-11(6-12(10)8-16)14(15)9(2)17/h4-6,14H,3,7H2,1-2H3. The SMILES string of the molecule is CCOC(=O)Cc1ccc(C(Cl)C(C)=O)cc1C#N. The Bertz CT molecular complexity index is 534. The first kappa shape index (κ1) is 15.2. The number of hydrogen-bond donors (Lipinski definition) is 0. The highest BCUT2D eigenvalue weighted by atomic mass is 35.5. The predicted molar refractivity (Wildman–Crippen MR) is 70.8 cm³/mol. The van der Waals surface area contributed by atoms with E-state index in [0.717, 1.165) is 0 Å². The Morgan fingerprint density at radius 2 is 2.16 bits per heavy atom. The van der Waals surface area contributed by atoms with Crippen molar-refractivity contribution in [2.75, 3.05) is 6.61 Å². The maximum atomic E-state index is 11.4. The second-order valence-electron chi connectivity index (χ2n) is 3.98. The van der Waals surface area contributed by atoms with Gasteiger partial charge in [-0.15, -0.1) is 11.6 Å². The average Bonchev–Trinajstić information content (AvgIpc) is 2.38. The summed E-state index contributed by atoms with van der Waals surface area (Å²) in [6, 6.07) is 6.81. The molecular formula is C14H14ClNO3. The Balaban J connectivity index is 3.01. The lowest BCUT2D eigenvalue weighted by atomic mass is 9.99. The van der Waals surface area contributed by atoms with E-state index < -0.39 is 5.38 Å². The topological polar surface area (TPSA) is 67.2 Å². The molecule has 5 heteroatoms. The van der Waals surface area contributed by atoms with E-state index in [2.05, 4.69) is 0 Å². The fourth-order valence-corrected chi connectivity index (χ4v) is 1.75. The van der Waals surface area contributed by atoms with Crippen molar-refractivity contribution in [1.82, 2.24) is 0 Å². The molecule has 0 spiro atoms. The van der Waals surface area contributed by atoms with Gasteiger partial charge in [0, 0.05) is 0 Å². The van der Waals surface area contributed by atoms with Crippen LogP contribution in [0.15, 0.2) is 18.2 Å². The van der Waals surface area contributed by atoms with E-state index in [-0.39, 0.29) is 18.2 Å². The van der Waals surface area contributed by atoms with Crippen LogP contribution in [0.3, 0.4) is 0 Å². The van der Waals surface area contributed by atoms with Crippen LogP contribution in [0.4, 0.5) is 0 Å². The summed E-state index contributed by atoms with van der Waals surface area (Å²) in [5, 5.41) is 8.30. The lowest BCUT2D eigenvalue weighted by molar-refractivity contribution is -0.142. The number of nitrogens with zero attached hydrogens (tertiary/aromatic N) is 1. The zero-order chi connectivity index (χ0) is 14.4. The summed E-state index contributed by atoms with van der Waals surface area (Å²) in [6.07, 6.45) is 0.0318. The van der Waals surface area contributed by atoms with Crippen LogP contribution < -0.4 is 0 Å². The largest absolute Gasteiger partial charge is 0.466 e. The first-order valence-corrected chi connectivity index (χ1v) is 6.26. The molecule has 1 aromatic rings. The maximum Gasteiger partial charge on any atom is 0.310 e. The number of rotatable bonds is 5. The number of carbonyl (C=O) groups excluding carboxylic acids is 2. The fraction of sp³-hybridized carbons (Fsp3) is 0.357. The van der Waals surface area contributed by atoms with E-state index in [0.29, 0.717) is 23.3 Å². The van der Waals surface area contributed by atoms with Crippen LogP contribution in [-0.4, -0.2) is 18.4 Å². The minimum atomic E-state index is -0.774. The summed E-state index contributed by atoms with van der Waals surface area (Å²) in [6.45, 7) is 3.40. The summed E-state index contributed by atoms with van der Waals surface area (Å²) in [7, 11) is 0. The number of ether oxygens (including phenoxy) is 1. The fourth-order valence-electron chi connectivity index (χ4n) is 1.61. The average molecular weight is 280 g/mol. The summed E-state index contributed by atoms with van der Waals surface area (Å²) in [4.78, 5) is 22.6. The minimum absolute atomic E-state index is 0.0318. The molecule has 0 aliphatic rings. The molecule has 1 rings (SSSR count). The summed E-state index contributed by atoms with van der Waals surface area (Å²) in [5.41, 5.74) is 1.45. The zero-order valence-corrected chi connectivity index (χ0v) is 11.5. The molecule has 1 unspecified atom stereocenters. The summed E-state index contributed by atoms with van der Waals surface area (Å²) >= 11 is 5.93. The number of Topliss-reactive ketones (excluding diaryl/α,β-unsaturated/α-hetero) is 1. The Labute approximate surface area is 116 Å². The first-order chi connectivity index (χ1) is 8.99. The number of benzene rings is 1. The molecule has 0 N–H and O–H groups in total. The Morgan fingerprint density at radius 3 is 2.68 bits per heavy atom. The third kappa shape index (κ3) is 4.08. The van der Waals surface area contributed by atoms with E-state index in [9.17, 15) is 9.59 Å². The molecule has 1 atom stereocenters. The number of ketones is 1. The van der Waals surface area contributed by atoms with Crippen LogP contribution in [0.5, 0.6) is 0 Å². The number of alkyl halides is 1. The van der Waals surface area contributed by atoms with Crippen molar-refractivity contribution in [3.63, 3.8) is 0 Å². The van der Waals surface area contributed by atoms with Crippen molar-refractivity contribution in [3.8, 4) is 6.07 Å². The van der Waals surface area contributed by atoms with Crippen LogP contribution in [0.2, 0.25) is 0 Å². The lowest BCUT2D eigenvalue weighted by Gasteiger charge is -2.09. The molecule has 100 valence electrons. The highest BCUT2D eigenvalue weighted by Gasteiger charge is 2.16. The minimum Gasteiger partial charge on any atom is -0.466 e. The molecule has 0 bridgehead atoms. The van der Waals surface area contributed by atoms with Crippen LogP contribution >= 0.6 is 11.6 Å². The second-order valence-corrected chi connectivity index (χ2v) is 4.42. The van der Waals surface area contributed by atoms with Crippen molar-refractivity contribution >= 4 is 23.4 Å². The molecule has 0 aliphatic carbocycles. The number of halogens is 1. The van der Waals surface area contributed by atoms with Gasteiger partial charge in [0.15, 0.2) is 5.78 Å². The van der Waals surface area contributed by atoms with Crippen molar-refractivity contribution in [2.24, 2.45) is 0 Å². The van der Waals surface area contributed by atoms with Gasteiger partial charge in [0.05, 0.1) is 24.7 Å². The van der Waals surface area contributed by atoms with Crippen molar-refractivity contribution in [2.45, 2.75) is 25.6 Å². The normalized spacial score (nSPS) is 11.5. The van der Waals surface area contributed by atoms with Crippen LogP contribution in [0.25, 0.3) is 0 Å². The summed E-state index contributed by atoms with van der Waals surface area (Å²) < 4.78 is 4.83. The third-order valence-electron chi connectivity index (χ3n) is 2.54. The van der Waals surface area contributed by atoms with Gasteiger partial charge in [0.2, 0.25) is 0 Å². The van der Waals surface area contributed by atoms with Crippen LogP contribution in [0, 0.1) is 11.3 Å². The number of hydrogen-bond acceptors (Lipinski definition) is 4. The van der Waals surface area contributed by atoms with Gasteiger partial charge in [-0.05, 0) is 31.0 Å². The van der Waals surface area contributed by atoms with Crippen LogP contribution in [0.1, 0.15) is 35.9 Å². The molecule has 0 saturated carbocycles. The molecule has 19 heavy (non-hydrogen) atoms. The Morgan fingerprint density at radius 1 is 1.47 bits per heavy atom. The first-order valence-electron chi connectivity index (χ1n) is 5.82. The van der Waals surface area contributed by atoms with E-state index >= 15 is 0 Å². The molecule has 0 heterocycles. The highest BCUT2D eigenvalue weighted by molar-refractivity contribution is 6.30. The molecule has 0 aromatic heterocycles. The monoisotopic (exact) mass is 279 g/mol. The van der Waals surface area contributed by atoms with Gasteiger partial charge < -0.3 is 4.74 Å². The second kappa shape index (κ2) is 6.91.